The lowest BCUT2D eigenvalue weighted by Gasteiger charge is -2.27. The zero-order valence-corrected chi connectivity index (χ0v) is 12.6. The average molecular weight is 350 g/mol. The molecule has 1 unspecified atom stereocenters. The highest BCUT2D eigenvalue weighted by Gasteiger charge is 2.29. The van der Waals surface area contributed by atoms with Gasteiger partial charge in [0.05, 0.1) is 12.6 Å². The molecule has 0 bridgehead atoms. The monoisotopic (exact) mass is 349 g/mol. The number of halogens is 2. The smallest absolute Gasteiger partial charge is 0.196 e. The molecule has 0 saturated heterocycles. The third-order valence-electron chi connectivity index (χ3n) is 3.36. The highest BCUT2D eigenvalue weighted by Crippen LogP contribution is 2.33. The molecule has 0 amide bonds. The predicted octanol–water partition coefficient (Wildman–Crippen LogP) is 3.17. The summed E-state index contributed by atoms with van der Waals surface area (Å²) in [5.74, 6) is -0.212. The summed E-state index contributed by atoms with van der Waals surface area (Å²) in [7, 11) is 0. The van der Waals surface area contributed by atoms with E-state index < -0.39 is 5.82 Å². The topological polar surface area (TPSA) is 61.9 Å². The van der Waals surface area contributed by atoms with Gasteiger partial charge in [-0.1, -0.05) is 22.0 Å². The summed E-state index contributed by atoms with van der Waals surface area (Å²) in [4.78, 5) is 6.07. The standard InChI is InChI=1S/C15H13BrFN3O/c16-10-2-1-3-12(6-10)20-14(8-19-15(20)18)9-4-11(17)7-13(21)5-9/h1-7,14,21H,8H2,(H2,18,19). The SMILES string of the molecule is NC1=NCC(c2cc(O)cc(F)c2)N1c1cccc(Br)c1. The molecule has 6 heteroatoms. The van der Waals surface area contributed by atoms with Crippen LogP contribution in [-0.2, 0) is 0 Å². The molecule has 1 aliphatic heterocycles. The third kappa shape index (κ3) is 2.71. The Balaban J connectivity index is 2.02. The van der Waals surface area contributed by atoms with Gasteiger partial charge in [-0.2, -0.15) is 0 Å². The average Bonchev–Trinajstić information content (AvgIpc) is 2.79. The van der Waals surface area contributed by atoms with Gasteiger partial charge in [0.2, 0.25) is 0 Å². The Morgan fingerprint density at radius 1 is 1.29 bits per heavy atom. The quantitative estimate of drug-likeness (QED) is 0.875. The van der Waals surface area contributed by atoms with Crippen LogP contribution in [0.15, 0.2) is 51.9 Å². The molecule has 0 radical (unpaired) electrons. The van der Waals surface area contributed by atoms with Crippen LogP contribution in [0.5, 0.6) is 5.75 Å². The Bertz CT molecular complexity index is 700. The molecule has 3 rings (SSSR count). The van der Waals surface area contributed by atoms with Crippen LogP contribution in [0.1, 0.15) is 11.6 Å². The van der Waals surface area contributed by atoms with E-state index in [1.807, 2.05) is 29.2 Å². The minimum Gasteiger partial charge on any atom is -0.508 e. The zero-order valence-electron chi connectivity index (χ0n) is 11.0. The van der Waals surface area contributed by atoms with Crippen molar-refractivity contribution in [3.8, 4) is 5.75 Å². The summed E-state index contributed by atoms with van der Waals surface area (Å²) in [5.41, 5.74) is 7.46. The Labute approximate surface area is 129 Å². The fraction of sp³-hybridized carbons (Fsp3) is 0.133. The molecule has 0 spiro atoms. The van der Waals surface area contributed by atoms with Crippen molar-refractivity contribution >= 4 is 27.6 Å². The zero-order chi connectivity index (χ0) is 15.0. The molecule has 1 aliphatic rings. The minimum absolute atomic E-state index is 0.107. The molecule has 21 heavy (non-hydrogen) atoms. The first-order valence-electron chi connectivity index (χ1n) is 6.39. The molecule has 0 fully saturated rings. The van der Waals surface area contributed by atoms with E-state index in [1.54, 1.807) is 0 Å². The number of phenolic OH excluding ortho intramolecular Hbond substituents is 1. The van der Waals surface area contributed by atoms with E-state index in [0.29, 0.717) is 18.1 Å². The second-order valence-electron chi connectivity index (χ2n) is 4.81. The van der Waals surface area contributed by atoms with Gasteiger partial charge < -0.3 is 15.7 Å². The van der Waals surface area contributed by atoms with Crippen LogP contribution in [0.3, 0.4) is 0 Å². The second-order valence-corrected chi connectivity index (χ2v) is 5.72. The molecular formula is C15H13BrFN3O. The molecule has 0 saturated carbocycles. The molecule has 3 N–H and O–H groups in total. The first kappa shape index (κ1) is 13.9. The van der Waals surface area contributed by atoms with Gasteiger partial charge in [-0.3, -0.25) is 4.99 Å². The number of guanidine groups is 1. The number of aliphatic imine (C=N–C) groups is 1. The van der Waals surface area contributed by atoms with E-state index in [-0.39, 0.29) is 11.8 Å². The normalized spacial score (nSPS) is 17.9. The Kier molecular flexibility index (Phi) is 3.55. The lowest BCUT2D eigenvalue weighted by Crippen LogP contribution is -2.36. The molecule has 2 aromatic rings. The van der Waals surface area contributed by atoms with Crippen LogP contribution in [0.2, 0.25) is 0 Å². The van der Waals surface area contributed by atoms with Gasteiger partial charge in [0.25, 0.3) is 0 Å². The molecule has 1 heterocycles. The van der Waals surface area contributed by atoms with Crippen molar-refractivity contribution < 1.29 is 9.50 Å². The van der Waals surface area contributed by atoms with Gasteiger partial charge in [0, 0.05) is 16.2 Å². The van der Waals surface area contributed by atoms with Crippen LogP contribution in [0.25, 0.3) is 0 Å². The summed E-state index contributed by atoms with van der Waals surface area (Å²) in [6.07, 6.45) is 0. The van der Waals surface area contributed by atoms with Crippen molar-refractivity contribution in [3.63, 3.8) is 0 Å². The van der Waals surface area contributed by atoms with Crippen LogP contribution in [0, 0.1) is 5.82 Å². The maximum atomic E-state index is 13.5. The number of phenols is 1. The van der Waals surface area contributed by atoms with E-state index in [4.69, 9.17) is 5.73 Å². The van der Waals surface area contributed by atoms with Crippen molar-refractivity contribution in [1.29, 1.82) is 0 Å². The van der Waals surface area contributed by atoms with Crippen molar-refractivity contribution in [1.82, 2.24) is 0 Å². The number of benzene rings is 2. The van der Waals surface area contributed by atoms with Gasteiger partial charge in [-0.25, -0.2) is 4.39 Å². The number of hydrogen-bond donors (Lipinski definition) is 2. The van der Waals surface area contributed by atoms with Crippen molar-refractivity contribution in [2.75, 3.05) is 11.4 Å². The Morgan fingerprint density at radius 3 is 2.81 bits per heavy atom. The highest BCUT2D eigenvalue weighted by molar-refractivity contribution is 9.10. The highest BCUT2D eigenvalue weighted by atomic mass is 79.9. The molecule has 4 nitrogen and oxygen atoms in total. The van der Waals surface area contributed by atoms with E-state index in [9.17, 15) is 9.50 Å². The number of nitrogens with two attached hydrogens (primary N) is 1. The van der Waals surface area contributed by atoms with Crippen LogP contribution >= 0.6 is 15.9 Å². The summed E-state index contributed by atoms with van der Waals surface area (Å²) in [6, 6.07) is 11.4. The molecule has 0 aromatic heterocycles. The minimum atomic E-state index is -0.482. The van der Waals surface area contributed by atoms with E-state index in [1.165, 1.54) is 12.1 Å². The first-order chi connectivity index (χ1) is 10.0. The first-order valence-corrected chi connectivity index (χ1v) is 7.18. The van der Waals surface area contributed by atoms with E-state index >= 15 is 0 Å². The van der Waals surface area contributed by atoms with Crippen LogP contribution in [0.4, 0.5) is 10.1 Å². The fourth-order valence-electron chi connectivity index (χ4n) is 2.48. The predicted molar refractivity (Wildman–Crippen MR) is 83.9 cm³/mol. The fourth-order valence-corrected chi connectivity index (χ4v) is 2.87. The summed E-state index contributed by atoms with van der Waals surface area (Å²) < 4.78 is 14.4. The number of nitrogens with zero attached hydrogens (tertiary/aromatic N) is 2. The molecular weight excluding hydrogens is 337 g/mol. The third-order valence-corrected chi connectivity index (χ3v) is 3.85. The Morgan fingerprint density at radius 2 is 2.10 bits per heavy atom. The number of rotatable bonds is 2. The van der Waals surface area contributed by atoms with Crippen molar-refractivity contribution in [2.24, 2.45) is 10.7 Å². The lowest BCUT2D eigenvalue weighted by molar-refractivity contribution is 0.467. The van der Waals surface area contributed by atoms with Gasteiger partial charge in [-0.15, -0.1) is 0 Å². The molecule has 0 aliphatic carbocycles. The maximum Gasteiger partial charge on any atom is 0.196 e. The maximum absolute atomic E-state index is 13.5. The van der Waals surface area contributed by atoms with E-state index in [2.05, 4.69) is 20.9 Å². The van der Waals surface area contributed by atoms with Crippen molar-refractivity contribution in [3.05, 3.63) is 58.3 Å². The summed E-state index contributed by atoms with van der Waals surface area (Å²) >= 11 is 3.42. The van der Waals surface area contributed by atoms with Gasteiger partial charge in [0.1, 0.15) is 11.6 Å². The number of anilines is 1. The molecule has 1 atom stereocenters. The van der Waals surface area contributed by atoms with Crippen LogP contribution in [-0.4, -0.2) is 17.6 Å². The van der Waals surface area contributed by atoms with Gasteiger partial charge in [0.15, 0.2) is 5.96 Å². The number of aromatic hydroxyl groups is 1. The number of hydrogen-bond acceptors (Lipinski definition) is 4. The second kappa shape index (κ2) is 5.37. The van der Waals surface area contributed by atoms with Crippen LogP contribution < -0.4 is 10.6 Å². The molecule has 108 valence electrons. The summed E-state index contributed by atoms with van der Waals surface area (Å²) in [5, 5.41) is 9.59. The van der Waals surface area contributed by atoms with Gasteiger partial charge >= 0.3 is 0 Å². The van der Waals surface area contributed by atoms with Crippen molar-refractivity contribution in [2.45, 2.75) is 6.04 Å². The summed E-state index contributed by atoms with van der Waals surface area (Å²) in [6.45, 7) is 0.418. The van der Waals surface area contributed by atoms with E-state index in [0.717, 1.165) is 16.2 Å². The lowest BCUT2D eigenvalue weighted by atomic mass is 10.0. The Hall–Kier alpha value is -2.08. The largest absolute Gasteiger partial charge is 0.508 e. The molecule has 2 aromatic carbocycles. The van der Waals surface area contributed by atoms with Gasteiger partial charge in [-0.05, 0) is 35.9 Å².